The first kappa shape index (κ1) is 22.0. The molecule has 3 unspecified atom stereocenters. The molecular weight excluding hydrogens is 432 g/mol. The second-order valence-corrected chi connectivity index (χ2v) is 9.19. The summed E-state index contributed by atoms with van der Waals surface area (Å²) >= 11 is 0. The topological polar surface area (TPSA) is 95.9 Å². The number of carboxylic acid groups (broad SMARTS) is 1. The number of benzene rings is 2. The van der Waals surface area contributed by atoms with E-state index in [1.54, 1.807) is 0 Å². The van der Waals surface area contributed by atoms with Crippen LogP contribution in [0.15, 0.2) is 48.5 Å². The number of hydrogen-bond acceptors (Lipinski definition) is 4. The van der Waals surface area contributed by atoms with Gasteiger partial charge in [-0.1, -0.05) is 48.5 Å². The van der Waals surface area contributed by atoms with Crippen LogP contribution in [0.5, 0.6) is 0 Å². The summed E-state index contributed by atoms with van der Waals surface area (Å²) in [6.45, 7) is 0.455. The fraction of sp³-hybridized carbons (Fsp3) is 0.370. The Labute approximate surface area is 198 Å². The van der Waals surface area contributed by atoms with Crippen LogP contribution in [0, 0.1) is 18.3 Å². The van der Waals surface area contributed by atoms with Crippen LogP contribution in [-0.2, 0) is 14.3 Å². The number of ether oxygens (including phenoxy) is 1. The zero-order valence-corrected chi connectivity index (χ0v) is 18.7. The van der Waals surface area contributed by atoms with Gasteiger partial charge < -0.3 is 20.1 Å². The summed E-state index contributed by atoms with van der Waals surface area (Å²) in [5.41, 5.74) is 3.25. The molecule has 2 aromatic rings. The Morgan fingerprint density at radius 1 is 1.15 bits per heavy atom. The van der Waals surface area contributed by atoms with E-state index in [1.807, 2.05) is 36.4 Å². The molecule has 174 valence electrons. The van der Waals surface area contributed by atoms with E-state index in [4.69, 9.17) is 11.2 Å². The number of terminal acetylenes is 1. The van der Waals surface area contributed by atoms with Crippen LogP contribution in [0.4, 0.5) is 4.79 Å². The highest BCUT2D eigenvalue weighted by atomic mass is 16.5. The van der Waals surface area contributed by atoms with Gasteiger partial charge in [-0.25, -0.2) is 9.59 Å². The van der Waals surface area contributed by atoms with E-state index in [1.165, 1.54) is 4.90 Å². The Morgan fingerprint density at radius 2 is 1.79 bits per heavy atom. The second-order valence-electron chi connectivity index (χ2n) is 9.19. The van der Waals surface area contributed by atoms with Crippen molar-refractivity contribution in [1.82, 2.24) is 10.2 Å². The van der Waals surface area contributed by atoms with Crippen molar-refractivity contribution >= 4 is 18.0 Å². The van der Waals surface area contributed by atoms with Gasteiger partial charge in [0.2, 0.25) is 5.91 Å². The molecule has 2 fully saturated rings. The van der Waals surface area contributed by atoms with Gasteiger partial charge in [0.25, 0.3) is 0 Å². The number of aliphatic carboxylic acids is 1. The minimum atomic E-state index is -1.16. The summed E-state index contributed by atoms with van der Waals surface area (Å²) in [5.74, 6) is 0.820. The minimum Gasteiger partial charge on any atom is -0.479 e. The predicted octanol–water partition coefficient (Wildman–Crippen LogP) is 3.38. The van der Waals surface area contributed by atoms with E-state index in [0.29, 0.717) is 13.0 Å². The molecule has 3 atom stereocenters. The van der Waals surface area contributed by atoms with Gasteiger partial charge in [0.15, 0.2) is 0 Å². The molecule has 7 nitrogen and oxygen atoms in total. The number of fused-ring (bicyclic) bond motifs is 4. The molecule has 7 heteroatoms. The lowest BCUT2D eigenvalue weighted by atomic mass is 9.98. The fourth-order valence-corrected chi connectivity index (χ4v) is 5.66. The molecule has 34 heavy (non-hydrogen) atoms. The average molecular weight is 459 g/mol. The van der Waals surface area contributed by atoms with Crippen molar-refractivity contribution < 1.29 is 24.2 Å². The number of amides is 2. The van der Waals surface area contributed by atoms with Gasteiger partial charge in [0.1, 0.15) is 18.2 Å². The number of piperidine rings is 1. The molecule has 2 aromatic carbocycles. The first-order valence-corrected chi connectivity index (χ1v) is 11.6. The number of alkyl carbamates (subject to hydrolysis) is 1. The maximum absolute atomic E-state index is 13.3. The zero-order chi connectivity index (χ0) is 23.9. The summed E-state index contributed by atoms with van der Waals surface area (Å²) in [5, 5.41) is 12.4. The molecular formula is C27H26N2O5. The van der Waals surface area contributed by atoms with Crippen molar-refractivity contribution in [2.45, 2.75) is 43.2 Å². The zero-order valence-electron chi connectivity index (χ0n) is 18.7. The molecule has 0 aromatic heterocycles. The van der Waals surface area contributed by atoms with Gasteiger partial charge >= 0.3 is 12.1 Å². The highest BCUT2D eigenvalue weighted by molar-refractivity contribution is 5.94. The molecule has 0 radical (unpaired) electrons. The van der Waals surface area contributed by atoms with Gasteiger partial charge in [0.05, 0.1) is 0 Å². The Hall–Kier alpha value is -3.79. The fourth-order valence-electron chi connectivity index (χ4n) is 5.66. The van der Waals surface area contributed by atoms with Crippen LogP contribution in [0.1, 0.15) is 42.7 Å². The Balaban J connectivity index is 1.28. The van der Waals surface area contributed by atoms with Crippen LogP contribution < -0.4 is 5.32 Å². The first-order valence-electron chi connectivity index (χ1n) is 11.6. The number of likely N-dealkylation sites (tertiary alicyclic amines) is 1. The largest absolute Gasteiger partial charge is 0.479 e. The maximum Gasteiger partial charge on any atom is 0.407 e. The molecule has 1 heterocycles. The summed E-state index contributed by atoms with van der Waals surface area (Å²) in [6.07, 6.45) is 6.64. The lowest BCUT2D eigenvalue weighted by Crippen LogP contribution is -2.57. The van der Waals surface area contributed by atoms with Crippen LogP contribution in [0.25, 0.3) is 11.1 Å². The van der Waals surface area contributed by atoms with Gasteiger partial charge in [-0.2, -0.15) is 0 Å². The number of carboxylic acids is 1. The van der Waals surface area contributed by atoms with Gasteiger partial charge in [0, 0.05) is 18.9 Å². The molecule has 1 saturated heterocycles. The van der Waals surface area contributed by atoms with Crippen molar-refractivity contribution in [1.29, 1.82) is 0 Å². The van der Waals surface area contributed by atoms with Gasteiger partial charge in [-0.05, 0) is 47.4 Å². The SMILES string of the molecule is C#CCC(NC(=O)OCC1c2ccccc2-c2ccccc21)C(=O)N1CCCC2CC21C(=O)O. The van der Waals surface area contributed by atoms with Gasteiger partial charge in [-0.15, -0.1) is 12.3 Å². The molecule has 3 aliphatic rings. The third-order valence-corrected chi connectivity index (χ3v) is 7.38. The van der Waals surface area contributed by atoms with Crippen molar-refractivity contribution in [3.63, 3.8) is 0 Å². The number of nitrogens with zero attached hydrogens (tertiary/aromatic N) is 1. The maximum atomic E-state index is 13.3. The van der Waals surface area contributed by atoms with Crippen LogP contribution in [-0.4, -0.2) is 52.7 Å². The van der Waals surface area contributed by atoms with E-state index in [2.05, 4.69) is 23.4 Å². The lowest BCUT2D eigenvalue weighted by molar-refractivity contribution is -0.155. The minimum absolute atomic E-state index is 0.0383. The number of rotatable bonds is 6. The Morgan fingerprint density at radius 3 is 2.41 bits per heavy atom. The molecule has 2 aliphatic carbocycles. The lowest BCUT2D eigenvalue weighted by Gasteiger charge is -2.35. The average Bonchev–Trinajstić information content (AvgIpc) is 3.53. The predicted molar refractivity (Wildman–Crippen MR) is 125 cm³/mol. The normalized spacial score (nSPS) is 23.0. The molecule has 5 rings (SSSR count). The molecule has 2 N–H and O–H groups in total. The highest BCUT2D eigenvalue weighted by Gasteiger charge is 2.67. The number of hydrogen-bond donors (Lipinski definition) is 2. The van der Waals surface area contributed by atoms with Crippen molar-refractivity contribution in [3.05, 3.63) is 59.7 Å². The standard InChI is InChI=1S/C27H26N2O5/c1-2-8-23(24(30)29-14-7-9-17-15-27(17,29)25(31)32)28-26(33)34-16-22-20-12-5-3-10-18(20)19-11-4-6-13-21(19)22/h1,3-6,10-13,17,22-23H,7-9,14-16H2,(H,28,33)(H,31,32). The molecule has 0 bridgehead atoms. The third kappa shape index (κ3) is 3.50. The van der Waals surface area contributed by atoms with Crippen LogP contribution >= 0.6 is 0 Å². The number of carbonyl (C=O) groups excluding carboxylic acids is 2. The molecule has 1 aliphatic heterocycles. The van der Waals surface area contributed by atoms with E-state index >= 15 is 0 Å². The van der Waals surface area contributed by atoms with Crippen LogP contribution in [0.2, 0.25) is 0 Å². The second kappa shape index (κ2) is 8.53. The summed E-state index contributed by atoms with van der Waals surface area (Å²) in [6, 6.07) is 15.0. The number of nitrogens with one attached hydrogen (secondary N) is 1. The van der Waals surface area contributed by atoms with E-state index in [-0.39, 0.29) is 24.9 Å². The quantitative estimate of drug-likeness (QED) is 0.647. The Bertz CT molecular complexity index is 1160. The summed E-state index contributed by atoms with van der Waals surface area (Å²) < 4.78 is 5.56. The Kier molecular flexibility index (Phi) is 5.52. The molecule has 2 amide bonds. The van der Waals surface area contributed by atoms with Gasteiger partial charge in [-0.3, -0.25) is 4.79 Å². The van der Waals surface area contributed by atoms with E-state index in [0.717, 1.165) is 35.1 Å². The summed E-state index contributed by atoms with van der Waals surface area (Å²) in [4.78, 5) is 39.3. The highest BCUT2D eigenvalue weighted by Crippen LogP contribution is 2.54. The van der Waals surface area contributed by atoms with Crippen molar-refractivity contribution in [2.24, 2.45) is 5.92 Å². The van der Waals surface area contributed by atoms with Crippen molar-refractivity contribution in [2.75, 3.05) is 13.2 Å². The van der Waals surface area contributed by atoms with E-state index in [9.17, 15) is 19.5 Å². The smallest absolute Gasteiger partial charge is 0.407 e. The summed E-state index contributed by atoms with van der Waals surface area (Å²) in [7, 11) is 0. The first-order chi connectivity index (χ1) is 16.5. The van der Waals surface area contributed by atoms with E-state index < -0.39 is 29.6 Å². The van der Waals surface area contributed by atoms with Crippen molar-refractivity contribution in [3.8, 4) is 23.5 Å². The molecule has 0 spiro atoms. The third-order valence-electron chi connectivity index (χ3n) is 7.38. The number of carbonyl (C=O) groups is 3. The van der Waals surface area contributed by atoms with Crippen LogP contribution in [0.3, 0.4) is 0 Å². The molecule has 1 saturated carbocycles. The monoisotopic (exact) mass is 458 g/mol.